The molecule has 0 aromatic heterocycles. The molecule has 0 aliphatic carbocycles. The van der Waals surface area contributed by atoms with Gasteiger partial charge in [-0.3, -0.25) is 4.79 Å². The maximum absolute atomic E-state index is 13.0. The predicted octanol–water partition coefficient (Wildman–Crippen LogP) is 3.81. The number of carbonyl (C=O) groups excluding carboxylic acids is 1. The lowest BCUT2D eigenvalue weighted by molar-refractivity contribution is -0.121. The molecule has 1 aliphatic rings. The van der Waals surface area contributed by atoms with E-state index < -0.39 is 10.0 Å². The molecular weight excluding hydrogens is 391 g/mol. The number of carbonyl (C=O) groups is 1. The molecule has 7 heteroatoms. The van der Waals surface area contributed by atoms with Gasteiger partial charge in [-0.1, -0.05) is 30.7 Å². The van der Waals surface area contributed by atoms with Gasteiger partial charge in [0.1, 0.15) is 5.82 Å². The third-order valence-electron chi connectivity index (χ3n) is 5.26. The summed E-state index contributed by atoms with van der Waals surface area (Å²) in [5.74, 6) is -0.412. The Morgan fingerprint density at radius 3 is 2.28 bits per heavy atom. The first kappa shape index (κ1) is 21.5. The fraction of sp³-hybridized carbons (Fsp3) is 0.409. The molecule has 1 amide bonds. The molecule has 3 rings (SSSR count). The maximum atomic E-state index is 13.0. The van der Waals surface area contributed by atoms with Gasteiger partial charge in [0, 0.05) is 19.5 Å². The van der Waals surface area contributed by atoms with E-state index in [1.54, 1.807) is 40.7 Å². The van der Waals surface area contributed by atoms with E-state index in [-0.39, 0.29) is 17.8 Å². The number of piperidine rings is 1. The van der Waals surface area contributed by atoms with Gasteiger partial charge in [-0.15, -0.1) is 0 Å². The Balaban J connectivity index is 1.53. The average Bonchev–Trinajstić information content (AvgIpc) is 2.73. The summed E-state index contributed by atoms with van der Waals surface area (Å²) in [6.45, 7) is 3.01. The zero-order valence-corrected chi connectivity index (χ0v) is 17.4. The Morgan fingerprint density at radius 2 is 1.66 bits per heavy atom. The van der Waals surface area contributed by atoms with E-state index in [2.05, 4.69) is 5.32 Å². The topological polar surface area (TPSA) is 66.5 Å². The SMILES string of the molecule is C[C@@H](NC(=O)CCc1ccc(S(=O)(=O)N2CCCCC2)cc1)c1ccc(F)cc1. The van der Waals surface area contributed by atoms with Crippen LogP contribution in [-0.4, -0.2) is 31.7 Å². The Kier molecular flexibility index (Phi) is 7.03. The van der Waals surface area contributed by atoms with Gasteiger partial charge in [-0.2, -0.15) is 4.31 Å². The quantitative estimate of drug-likeness (QED) is 0.744. The fourth-order valence-corrected chi connectivity index (χ4v) is 5.01. The molecule has 29 heavy (non-hydrogen) atoms. The molecule has 156 valence electrons. The van der Waals surface area contributed by atoms with Gasteiger partial charge in [0.2, 0.25) is 15.9 Å². The predicted molar refractivity (Wildman–Crippen MR) is 110 cm³/mol. The largest absolute Gasteiger partial charge is 0.350 e. The highest BCUT2D eigenvalue weighted by Gasteiger charge is 2.25. The number of amides is 1. The Morgan fingerprint density at radius 1 is 1.03 bits per heavy atom. The molecule has 0 unspecified atom stereocenters. The Hall–Kier alpha value is -2.25. The van der Waals surface area contributed by atoms with Gasteiger partial charge < -0.3 is 5.32 Å². The van der Waals surface area contributed by atoms with E-state index >= 15 is 0 Å². The average molecular weight is 419 g/mol. The van der Waals surface area contributed by atoms with Crippen molar-refractivity contribution in [3.63, 3.8) is 0 Å². The van der Waals surface area contributed by atoms with Crippen LogP contribution in [-0.2, 0) is 21.2 Å². The normalized spacial score (nSPS) is 16.3. The first-order valence-corrected chi connectivity index (χ1v) is 11.4. The maximum Gasteiger partial charge on any atom is 0.243 e. The van der Waals surface area contributed by atoms with Crippen molar-refractivity contribution in [2.45, 2.75) is 50.0 Å². The molecule has 1 aliphatic heterocycles. The minimum atomic E-state index is -3.43. The highest BCUT2D eigenvalue weighted by Crippen LogP contribution is 2.21. The number of sulfonamides is 1. The minimum absolute atomic E-state index is 0.105. The van der Waals surface area contributed by atoms with Crippen molar-refractivity contribution >= 4 is 15.9 Å². The summed E-state index contributed by atoms with van der Waals surface area (Å²) in [5, 5.41) is 2.90. The number of rotatable bonds is 7. The molecule has 0 spiro atoms. The number of nitrogens with zero attached hydrogens (tertiary/aromatic N) is 1. The third-order valence-corrected chi connectivity index (χ3v) is 7.18. The van der Waals surface area contributed by atoms with Crippen LogP contribution >= 0.6 is 0 Å². The Bertz CT molecular complexity index is 922. The summed E-state index contributed by atoms with van der Waals surface area (Å²) in [5.41, 5.74) is 1.75. The van der Waals surface area contributed by atoms with Crippen LogP contribution in [0.3, 0.4) is 0 Å². The standard InChI is InChI=1S/C22H27FN2O3S/c1-17(19-8-10-20(23)11-9-19)24-22(26)14-7-18-5-12-21(13-6-18)29(27,28)25-15-3-2-4-16-25/h5-6,8-13,17H,2-4,7,14-16H2,1H3,(H,24,26)/t17-/m1/s1. The summed E-state index contributed by atoms with van der Waals surface area (Å²) in [6, 6.07) is 12.6. The van der Waals surface area contributed by atoms with Crippen molar-refractivity contribution in [1.29, 1.82) is 0 Å². The van der Waals surface area contributed by atoms with Crippen LogP contribution in [0.25, 0.3) is 0 Å². The molecule has 0 radical (unpaired) electrons. The lowest BCUT2D eigenvalue weighted by Crippen LogP contribution is -2.35. The van der Waals surface area contributed by atoms with Crippen LogP contribution in [0.1, 0.15) is 49.8 Å². The van der Waals surface area contributed by atoms with E-state index in [1.807, 2.05) is 6.92 Å². The highest BCUT2D eigenvalue weighted by atomic mass is 32.2. The lowest BCUT2D eigenvalue weighted by Gasteiger charge is -2.25. The molecule has 0 bridgehead atoms. The molecule has 2 aromatic rings. The van der Waals surface area contributed by atoms with Crippen molar-refractivity contribution in [2.75, 3.05) is 13.1 Å². The van der Waals surface area contributed by atoms with Gasteiger partial charge in [0.15, 0.2) is 0 Å². The van der Waals surface area contributed by atoms with E-state index in [1.165, 1.54) is 12.1 Å². The molecule has 1 atom stereocenters. The van der Waals surface area contributed by atoms with Crippen LogP contribution in [0.5, 0.6) is 0 Å². The number of nitrogens with one attached hydrogen (secondary N) is 1. The lowest BCUT2D eigenvalue weighted by atomic mass is 10.1. The van der Waals surface area contributed by atoms with Crippen molar-refractivity contribution < 1.29 is 17.6 Å². The smallest absolute Gasteiger partial charge is 0.243 e. The first-order valence-electron chi connectivity index (χ1n) is 10.0. The number of hydrogen-bond acceptors (Lipinski definition) is 3. The van der Waals surface area contributed by atoms with Gasteiger partial charge in [-0.05, 0) is 61.6 Å². The monoisotopic (exact) mass is 418 g/mol. The second-order valence-corrected chi connectivity index (χ2v) is 9.39. The number of halogens is 1. The summed E-state index contributed by atoms with van der Waals surface area (Å²) >= 11 is 0. The molecule has 2 aromatic carbocycles. The van der Waals surface area contributed by atoms with Crippen LogP contribution in [0.15, 0.2) is 53.4 Å². The van der Waals surface area contributed by atoms with Gasteiger partial charge >= 0.3 is 0 Å². The summed E-state index contributed by atoms with van der Waals surface area (Å²) < 4.78 is 39.9. The molecule has 0 saturated carbocycles. The van der Waals surface area contributed by atoms with E-state index in [0.29, 0.717) is 30.8 Å². The number of hydrogen-bond donors (Lipinski definition) is 1. The van der Waals surface area contributed by atoms with Crippen LogP contribution in [0.2, 0.25) is 0 Å². The van der Waals surface area contributed by atoms with Crippen molar-refractivity contribution in [3.05, 3.63) is 65.5 Å². The first-order chi connectivity index (χ1) is 13.9. The zero-order chi connectivity index (χ0) is 20.9. The molecule has 1 heterocycles. The molecule has 1 fully saturated rings. The zero-order valence-electron chi connectivity index (χ0n) is 16.6. The molecule has 1 saturated heterocycles. The van der Waals surface area contributed by atoms with Crippen LogP contribution in [0.4, 0.5) is 4.39 Å². The van der Waals surface area contributed by atoms with Crippen molar-refractivity contribution in [2.24, 2.45) is 0 Å². The number of aryl methyl sites for hydroxylation is 1. The fourth-order valence-electron chi connectivity index (χ4n) is 3.49. The highest BCUT2D eigenvalue weighted by molar-refractivity contribution is 7.89. The number of benzene rings is 2. The minimum Gasteiger partial charge on any atom is -0.350 e. The van der Waals surface area contributed by atoms with Crippen molar-refractivity contribution in [1.82, 2.24) is 9.62 Å². The van der Waals surface area contributed by atoms with Gasteiger partial charge in [0.05, 0.1) is 10.9 Å². The molecule has 1 N–H and O–H groups in total. The third kappa shape index (κ3) is 5.64. The van der Waals surface area contributed by atoms with E-state index in [4.69, 9.17) is 0 Å². The Labute approximate surface area is 172 Å². The summed E-state index contributed by atoms with van der Waals surface area (Å²) in [4.78, 5) is 12.5. The van der Waals surface area contributed by atoms with E-state index in [9.17, 15) is 17.6 Å². The van der Waals surface area contributed by atoms with Crippen LogP contribution in [0, 0.1) is 5.82 Å². The van der Waals surface area contributed by atoms with Crippen molar-refractivity contribution in [3.8, 4) is 0 Å². The second kappa shape index (κ2) is 9.50. The van der Waals surface area contributed by atoms with Gasteiger partial charge in [-0.25, -0.2) is 12.8 Å². The van der Waals surface area contributed by atoms with E-state index in [0.717, 1.165) is 30.4 Å². The second-order valence-electron chi connectivity index (χ2n) is 7.45. The van der Waals surface area contributed by atoms with Gasteiger partial charge in [0.25, 0.3) is 0 Å². The molecular formula is C22H27FN2O3S. The summed E-state index contributed by atoms with van der Waals surface area (Å²) in [7, 11) is -3.43. The van der Waals surface area contributed by atoms with Crippen LogP contribution < -0.4 is 5.32 Å². The summed E-state index contributed by atoms with van der Waals surface area (Å²) in [6.07, 6.45) is 3.70. The molecule has 5 nitrogen and oxygen atoms in total.